The van der Waals surface area contributed by atoms with Crippen molar-refractivity contribution in [3.8, 4) is 11.5 Å². The summed E-state index contributed by atoms with van der Waals surface area (Å²) < 4.78 is 27.6. The van der Waals surface area contributed by atoms with Crippen LogP contribution in [0.25, 0.3) is 12.2 Å². The lowest BCUT2D eigenvalue weighted by Gasteiger charge is -2.38. The largest absolute Gasteiger partial charge is 0.465 e. The second kappa shape index (κ2) is 14.9. The van der Waals surface area contributed by atoms with Crippen LogP contribution < -0.4 is 9.47 Å². The molecular weight excluding hydrogens is 540 g/mol. The Labute approximate surface area is 257 Å². The quantitative estimate of drug-likeness (QED) is 0.120. The van der Waals surface area contributed by atoms with Crippen LogP contribution in [0.1, 0.15) is 77.3 Å². The predicted octanol–water partition coefficient (Wildman–Crippen LogP) is 8.62. The summed E-state index contributed by atoms with van der Waals surface area (Å²) in [4.78, 5) is 11.3. The Hall–Kier alpha value is -3.35. The second-order valence-corrected chi connectivity index (χ2v) is 12.4. The third-order valence-electron chi connectivity index (χ3n) is 9.63. The van der Waals surface area contributed by atoms with Gasteiger partial charge in [-0.15, -0.1) is 0 Å². The van der Waals surface area contributed by atoms with Crippen molar-refractivity contribution in [3.63, 3.8) is 0 Å². The Bertz CT molecular complexity index is 1240. The Kier molecular flexibility index (Phi) is 11.3. The topological polar surface area (TPSA) is 63.2 Å². The average Bonchev–Trinajstić information content (AvgIpc) is 3.35. The van der Waals surface area contributed by atoms with Crippen molar-refractivity contribution in [1.29, 1.82) is 0 Å². The fraction of sp³-hybridized carbons (Fsp3) is 0.486. The molecule has 3 aliphatic rings. The van der Waals surface area contributed by atoms with Crippen LogP contribution in [0.4, 0.5) is 0 Å². The first kappa shape index (κ1) is 32.6. The molecule has 0 aromatic heterocycles. The zero-order valence-corrected chi connectivity index (χ0v) is 26.4. The molecule has 0 radical (unpaired) electrons. The molecule has 6 nitrogen and oxygen atoms in total. The van der Waals surface area contributed by atoms with Crippen LogP contribution in [0, 0.1) is 16.7 Å². The van der Waals surface area contributed by atoms with Crippen molar-refractivity contribution < 1.29 is 28.5 Å². The van der Waals surface area contributed by atoms with Crippen molar-refractivity contribution in [3.05, 3.63) is 84.5 Å². The predicted molar refractivity (Wildman–Crippen MR) is 172 cm³/mol. The molecule has 6 heteroatoms. The van der Waals surface area contributed by atoms with Crippen LogP contribution in [0.5, 0.6) is 11.5 Å². The highest BCUT2D eigenvalue weighted by Crippen LogP contribution is 2.66. The number of hydrogen-bond donors (Lipinski definition) is 0. The Morgan fingerprint density at radius 3 is 2.07 bits per heavy atom. The number of allylic oxidation sites excluding steroid dienone is 2. The first-order chi connectivity index (χ1) is 20.6. The zero-order chi connectivity index (χ0) is 30.9. The standard InChI is InChI=1S/C24H28O4.C13H20O2/c1-19(25-2)27-22-14-10-20(11-15-22)7-3-4-8-21-12-16-23(17-13-21)28-24-9-5-6-18-26-24;1-5-11(14)15-10-8-9-6-7-13(10,4)12(9,2)3/h3-4,7-8,10-17,19,24H,5-6,9,18H2,1-2H3;5,9-10H,1,6-8H2,2-4H3. The van der Waals surface area contributed by atoms with Gasteiger partial charge >= 0.3 is 5.97 Å². The van der Waals surface area contributed by atoms with Gasteiger partial charge in [0.05, 0.1) is 6.61 Å². The van der Waals surface area contributed by atoms with E-state index in [1.54, 1.807) is 7.11 Å². The van der Waals surface area contributed by atoms with Crippen LogP contribution in [0.3, 0.4) is 0 Å². The molecule has 0 amide bonds. The summed E-state index contributed by atoms with van der Waals surface area (Å²) in [6.45, 7) is 13.0. The van der Waals surface area contributed by atoms with Crippen LogP contribution in [-0.2, 0) is 19.0 Å². The number of hydrogen-bond acceptors (Lipinski definition) is 6. The molecule has 5 unspecified atom stereocenters. The van der Waals surface area contributed by atoms with E-state index in [1.165, 1.54) is 25.3 Å². The minimum atomic E-state index is -0.274. The van der Waals surface area contributed by atoms with E-state index in [1.807, 2.05) is 67.6 Å². The lowest BCUT2D eigenvalue weighted by molar-refractivity contribution is -0.150. The number of benzene rings is 2. The average molecular weight is 589 g/mol. The van der Waals surface area contributed by atoms with Gasteiger partial charge in [0.15, 0.2) is 12.6 Å². The Morgan fingerprint density at radius 1 is 0.953 bits per heavy atom. The van der Waals surface area contributed by atoms with Crippen LogP contribution in [0.15, 0.2) is 73.3 Å². The van der Waals surface area contributed by atoms with E-state index in [2.05, 4.69) is 39.5 Å². The number of methoxy groups -OCH3 is 1. The van der Waals surface area contributed by atoms with Crippen LogP contribution in [-0.4, -0.2) is 38.4 Å². The molecule has 3 fully saturated rings. The molecule has 43 heavy (non-hydrogen) atoms. The van der Waals surface area contributed by atoms with Gasteiger partial charge in [0.2, 0.25) is 0 Å². The molecule has 1 heterocycles. The number of fused-ring (bicyclic) bond motifs is 2. The van der Waals surface area contributed by atoms with Crippen molar-refractivity contribution in [2.75, 3.05) is 13.7 Å². The maximum Gasteiger partial charge on any atom is 0.330 e. The lowest BCUT2D eigenvalue weighted by atomic mass is 9.70. The summed E-state index contributed by atoms with van der Waals surface area (Å²) in [7, 11) is 1.62. The molecule has 2 bridgehead atoms. The molecule has 5 rings (SSSR count). The molecule has 0 N–H and O–H groups in total. The summed E-state index contributed by atoms with van der Waals surface area (Å²) in [5, 5.41) is 0. The molecule has 1 aliphatic heterocycles. The highest BCUT2D eigenvalue weighted by molar-refractivity contribution is 5.81. The van der Waals surface area contributed by atoms with E-state index < -0.39 is 0 Å². The molecule has 2 saturated carbocycles. The third-order valence-corrected chi connectivity index (χ3v) is 9.63. The van der Waals surface area contributed by atoms with E-state index in [0.29, 0.717) is 11.3 Å². The van der Waals surface area contributed by atoms with Crippen molar-refractivity contribution in [1.82, 2.24) is 0 Å². The third kappa shape index (κ3) is 8.39. The first-order valence-corrected chi connectivity index (χ1v) is 15.5. The van der Waals surface area contributed by atoms with Crippen molar-refractivity contribution in [2.24, 2.45) is 16.7 Å². The normalized spacial score (nSPS) is 26.5. The summed E-state index contributed by atoms with van der Waals surface area (Å²) in [5.74, 6) is 2.09. The van der Waals surface area contributed by atoms with Gasteiger partial charge in [-0.2, -0.15) is 0 Å². The monoisotopic (exact) mass is 588 g/mol. The molecule has 1 saturated heterocycles. The Morgan fingerprint density at radius 2 is 1.58 bits per heavy atom. The molecule has 5 atom stereocenters. The van der Waals surface area contributed by atoms with Gasteiger partial charge in [-0.25, -0.2) is 4.79 Å². The van der Waals surface area contributed by atoms with Gasteiger partial charge < -0.3 is 23.7 Å². The number of esters is 1. The summed E-state index contributed by atoms with van der Waals surface area (Å²) in [6, 6.07) is 16.0. The summed E-state index contributed by atoms with van der Waals surface area (Å²) in [5.41, 5.74) is 2.70. The van der Waals surface area contributed by atoms with E-state index in [9.17, 15) is 4.79 Å². The van der Waals surface area contributed by atoms with Gasteiger partial charge in [-0.1, -0.05) is 75.9 Å². The first-order valence-electron chi connectivity index (χ1n) is 15.5. The number of ether oxygens (including phenoxy) is 5. The minimum absolute atomic E-state index is 0.0942. The number of carbonyl (C=O) groups excluding carboxylic acids is 1. The lowest BCUT2D eigenvalue weighted by Crippen LogP contribution is -2.38. The summed E-state index contributed by atoms with van der Waals surface area (Å²) in [6.07, 6.45) is 15.9. The SMILES string of the molecule is C=CC(=O)OC1CC2CCC1(C)C2(C)C.COC(C)Oc1ccc(C=CC=Cc2ccc(OC3CCCCO3)cc2)cc1. The molecule has 2 aromatic carbocycles. The number of carbonyl (C=O) groups is 1. The fourth-order valence-electron chi connectivity index (χ4n) is 6.34. The second-order valence-electron chi connectivity index (χ2n) is 12.4. The van der Waals surface area contributed by atoms with E-state index in [4.69, 9.17) is 23.7 Å². The highest BCUT2D eigenvalue weighted by atomic mass is 16.7. The van der Waals surface area contributed by atoms with E-state index >= 15 is 0 Å². The maximum absolute atomic E-state index is 11.3. The Balaban J connectivity index is 0.000000237. The van der Waals surface area contributed by atoms with E-state index in [-0.39, 0.29) is 30.1 Å². The molecule has 2 aromatic rings. The smallest absolute Gasteiger partial charge is 0.330 e. The van der Waals surface area contributed by atoms with Crippen molar-refractivity contribution >= 4 is 18.1 Å². The van der Waals surface area contributed by atoms with E-state index in [0.717, 1.165) is 48.5 Å². The van der Waals surface area contributed by atoms with Gasteiger partial charge in [0.25, 0.3) is 0 Å². The fourth-order valence-corrected chi connectivity index (χ4v) is 6.34. The van der Waals surface area contributed by atoms with Gasteiger partial charge in [-0.3, -0.25) is 0 Å². The van der Waals surface area contributed by atoms with Crippen molar-refractivity contribution in [2.45, 2.75) is 84.9 Å². The van der Waals surface area contributed by atoms with Gasteiger partial charge in [-0.05, 0) is 85.8 Å². The molecular formula is C37H48O6. The zero-order valence-electron chi connectivity index (χ0n) is 26.4. The van der Waals surface area contributed by atoms with Gasteiger partial charge in [0, 0.05) is 25.0 Å². The molecule has 2 aliphatic carbocycles. The minimum Gasteiger partial charge on any atom is -0.465 e. The van der Waals surface area contributed by atoms with Crippen LogP contribution >= 0.6 is 0 Å². The highest BCUT2D eigenvalue weighted by Gasteiger charge is 2.62. The molecule has 232 valence electrons. The van der Waals surface area contributed by atoms with Crippen LogP contribution in [0.2, 0.25) is 0 Å². The van der Waals surface area contributed by atoms with Gasteiger partial charge in [0.1, 0.15) is 17.6 Å². The summed E-state index contributed by atoms with van der Waals surface area (Å²) >= 11 is 0. The molecule has 0 spiro atoms. The number of rotatable bonds is 10. The maximum atomic E-state index is 11.3.